The minimum absolute atomic E-state index is 0.125. The summed E-state index contributed by atoms with van der Waals surface area (Å²) in [7, 11) is 0. The average Bonchev–Trinajstić information content (AvgIpc) is 2.00. The standard InChI is InChI=1S/C12H16O2/c1-8-7-12(2,3)14-11-6-9(13)4-5-10(8)11/h4-6,8,13H,7H2,1-3H3. The summed E-state index contributed by atoms with van der Waals surface area (Å²) < 4.78 is 5.81. The van der Waals surface area contributed by atoms with Gasteiger partial charge in [0.15, 0.2) is 0 Å². The third kappa shape index (κ3) is 1.57. The highest BCUT2D eigenvalue weighted by Crippen LogP contribution is 2.41. The van der Waals surface area contributed by atoms with Crippen molar-refractivity contribution < 1.29 is 9.84 Å². The number of hydrogen-bond acceptors (Lipinski definition) is 2. The van der Waals surface area contributed by atoms with E-state index in [4.69, 9.17) is 4.74 Å². The quantitative estimate of drug-likeness (QED) is 0.684. The second-order valence-corrected chi connectivity index (χ2v) is 4.69. The molecule has 2 rings (SSSR count). The number of phenols is 1. The molecule has 0 saturated heterocycles. The van der Waals surface area contributed by atoms with Crippen molar-refractivity contribution in [3.63, 3.8) is 0 Å². The van der Waals surface area contributed by atoms with Crippen molar-refractivity contribution in [1.29, 1.82) is 0 Å². The number of fused-ring (bicyclic) bond motifs is 1. The van der Waals surface area contributed by atoms with Crippen LogP contribution in [0.5, 0.6) is 11.5 Å². The summed E-state index contributed by atoms with van der Waals surface area (Å²) in [5.41, 5.74) is 1.07. The predicted octanol–water partition coefficient (Wildman–Crippen LogP) is 3.06. The van der Waals surface area contributed by atoms with E-state index in [2.05, 4.69) is 20.8 Å². The number of aromatic hydroxyl groups is 1. The second-order valence-electron chi connectivity index (χ2n) is 4.69. The Morgan fingerprint density at radius 3 is 2.86 bits per heavy atom. The third-order valence-electron chi connectivity index (χ3n) is 2.71. The first kappa shape index (κ1) is 9.38. The fourth-order valence-corrected chi connectivity index (χ4v) is 2.21. The number of rotatable bonds is 0. The predicted molar refractivity (Wildman–Crippen MR) is 55.8 cm³/mol. The van der Waals surface area contributed by atoms with Gasteiger partial charge in [0.05, 0.1) is 0 Å². The molecule has 1 atom stereocenters. The highest BCUT2D eigenvalue weighted by Gasteiger charge is 2.31. The van der Waals surface area contributed by atoms with Crippen molar-refractivity contribution in [3.05, 3.63) is 23.8 Å². The molecule has 0 bridgehead atoms. The van der Waals surface area contributed by atoms with E-state index in [0.717, 1.165) is 12.2 Å². The van der Waals surface area contributed by atoms with Gasteiger partial charge in [0, 0.05) is 6.07 Å². The van der Waals surface area contributed by atoms with Crippen molar-refractivity contribution in [2.45, 2.75) is 38.7 Å². The van der Waals surface area contributed by atoms with Crippen molar-refractivity contribution in [3.8, 4) is 11.5 Å². The molecule has 0 saturated carbocycles. The Bertz CT molecular complexity index is 355. The van der Waals surface area contributed by atoms with Crippen LogP contribution in [0.3, 0.4) is 0 Å². The summed E-state index contributed by atoms with van der Waals surface area (Å²) in [4.78, 5) is 0. The molecule has 1 N–H and O–H groups in total. The number of ether oxygens (including phenoxy) is 1. The first-order valence-electron chi connectivity index (χ1n) is 5.00. The first-order chi connectivity index (χ1) is 6.48. The van der Waals surface area contributed by atoms with Gasteiger partial charge in [-0.1, -0.05) is 13.0 Å². The van der Waals surface area contributed by atoms with Gasteiger partial charge in [-0.05, 0) is 37.8 Å². The Kier molecular flexibility index (Phi) is 1.95. The lowest BCUT2D eigenvalue weighted by atomic mass is 9.86. The topological polar surface area (TPSA) is 29.5 Å². The van der Waals surface area contributed by atoms with Gasteiger partial charge in [-0.15, -0.1) is 0 Å². The smallest absolute Gasteiger partial charge is 0.127 e. The van der Waals surface area contributed by atoms with Crippen LogP contribution >= 0.6 is 0 Å². The highest BCUT2D eigenvalue weighted by molar-refractivity contribution is 5.43. The number of benzene rings is 1. The SMILES string of the molecule is CC1CC(C)(C)Oc2cc(O)ccc21. The highest BCUT2D eigenvalue weighted by atomic mass is 16.5. The van der Waals surface area contributed by atoms with E-state index in [1.807, 2.05) is 6.07 Å². The molecule has 1 unspecified atom stereocenters. The Balaban J connectivity index is 2.46. The Hall–Kier alpha value is -1.18. The van der Waals surface area contributed by atoms with E-state index < -0.39 is 0 Å². The maximum absolute atomic E-state index is 9.36. The number of phenolic OH excluding ortho intramolecular Hbond substituents is 1. The van der Waals surface area contributed by atoms with Crippen LogP contribution < -0.4 is 4.74 Å². The molecule has 76 valence electrons. The summed E-state index contributed by atoms with van der Waals surface area (Å²) in [5.74, 6) is 1.59. The van der Waals surface area contributed by atoms with Crippen molar-refractivity contribution in [2.24, 2.45) is 0 Å². The first-order valence-corrected chi connectivity index (χ1v) is 5.00. The van der Waals surface area contributed by atoms with Gasteiger partial charge < -0.3 is 9.84 Å². The second kappa shape index (κ2) is 2.91. The number of hydrogen-bond donors (Lipinski definition) is 1. The van der Waals surface area contributed by atoms with Gasteiger partial charge >= 0.3 is 0 Å². The van der Waals surface area contributed by atoms with E-state index in [1.54, 1.807) is 12.1 Å². The average molecular weight is 192 g/mol. The fourth-order valence-electron chi connectivity index (χ4n) is 2.21. The normalized spacial score (nSPS) is 23.8. The van der Waals surface area contributed by atoms with Gasteiger partial charge in [-0.3, -0.25) is 0 Å². The molecule has 0 fully saturated rings. The molecule has 1 aliphatic rings. The molecule has 1 aliphatic heterocycles. The maximum Gasteiger partial charge on any atom is 0.127 e. The lowest BCUT2D eigenvalue weighted by molar-refractivity contribution is 0.0743. The van der Waals surface area contributed by atoms with Crippen LogP contribution in [0.25, 0.3) is 0 Å². The molecular weight excluding hydrogens is 176 g/mol. The van der Waals surface area contributed by atoms with Gasteiger partial charge in [0.25, 0.3) is 0 Å². The molecule has 0 aromatic heterocycles. The summed E-state index contributed by atoms with van der Waals surface area (Å²) in [6.07, 6.45) is 1.02. The maximum atomic E-state index is 9.36. The van der Waals surface area contributed by atoms with Crippen LogP contribution in [-0.2, 0) is 0 Å². The summed E-state index contributed by atoms with van der Waals surface area (Å²) in [5, 5.41) is 9.36. The van der Waals surface area contributed by atoms with Crippen LogP contribution in [0.1, 0.15) is 38.7 Å². The molecule has 1 heterocycles. The Morgan fingerprint density at radius 2 is 2.14 bits per heavy atom. The molecule has 1 aromatic carbocycles. The monoisotopic (exact) mass is 192 g/mol. The summed E-state index contributed by atoms with van der Waals surface area (Å²) in [6.45, 7) is 6.35. The summed E-state index contributed by atoms with van der Waals surface area (Å²) >= 11 is 0. The van der Waals surface area contributed by atoms with Crippen molar-refractivity contribution in [1.82, 2.24) is 0 Å². The molecule has 0 amide bonds. The van der Waals surface area contributed by atoms with Gasteiger partial charge in [-0.2, -0.15) is 0 Å². The Labute approximate surface area is 84.5 Å². The van der Waals surface area contributed by atoms with E-state index in [9.17, 15) is 5.11 Å². The van der Waals surface area contributed by atoms with E-state index in [0.29, 0.717) is 5.92 Å². The molecular formula is C12H16O2. The van der Waals surface area contributed by atoms with E-state index >= 15 is 0 Å². The zero-order valence-electron chi connectivity index (χ0n) is 8.87. The molecule has 0 radical (unpaired) electrons. The van der Waals surface area contributed by atoms with Gasteiger partial charge in [0.2, 0.25) is 0 Å². The van der Waals surface area contributed by atoms with Crippen molar-refractivity contribution in [2.75, 3.05) is 0 Å². The fraction of sp³-hybridized carbons (Fsp3) is 0.500. The molecule has 0 spiro atoms. The Morgan fingerprint density at radius 1 is 1.43 bits per heavy atom. The minimum Gasteiger partial charge on any atom is -0.508 e. The summed E-state index contributed by atoms with van der Waals surface area (Å²) in [6, 6.07) is 5.37. The third-order valence-corrected chi connectivity index (χ3v) is 2.71. The molecule has 2 heteroatoms. The lowest BCUT2D eigenvalue weighted by Gasteiger charge is -2.36. The molecule has 0 aliphatic carbocycles. The van der Waals surface area contributed by atoms with Crippen LogP contribution in [0.2, 0.25) is 0 Å². The zero-order valence-corrected chi connectivity index (χ0v) is 8.87. The molecule has 1 aromatic rings. The van der Waals surface area contributed by atoms with Gasteiger partial charge in [-0.25, -0.2) is 0 Å². The molecule has 14 heavy (non-hydrogen) atoms. The largest absolute Gasteiger partial charge is 0.508 e. The molecule has 2 nitrogen and oxygen atoms in total. The van der Waals surface area contributed by atoms with Crippen LogP contribution in [0.4, 0.5) is 0 Å². The van der Waals surface area contributed by atoms with Crippen LogP contribution in [0, 0.1) is 0 Å². The zero-order chi connectivity index (χ0) is 10.3. The van der Waals surface area contributed by atoms with Crippen LogP contribution in [0.15, 0.2) is 18.2 Å². The van der Waals surface area contributed by atoms with Gasteiger partial charge in [0.1, 0.15) is 17.1 Å². The van der Waals surface area contributed by atoms with Crippen LogP contribution in [-0.4, -0.2) is 10.7 Å². The minimum atomic E-state index is -0.125. The lowest BCUT2D eigenvalue weighted by Crippen LogP contribution is -2.33. The van der Waals surface area contributed by atoms with Crippen molar-refractivity contribution >= 4 is 0 Å². The van der Waals surface area contributed by atoms with E-state index in [-0.39, 0.29) is 11.4 Å². The van der Waals surface area contributed by atoms with E-state index in [1.165, 1.54) is 5.56 Å².